The lowest BCUT2D eigenvalue weighted by Gasteiger charge is -2.03. The van der Waals surface area contributed by atoms with Gasteiger partial charge in [0.25, 0.3) is 0 Å². The van der Waals surface area contributed by atoms with Crippen LogP contribution in [-0.2, 0) is 6.54 Å². The van der Waals surface area contributed by atoms with Crippen LogP contribution < -0.4 is 5.73 Å². The average molecular weight is 255 g/mol. The predicted molar refractivity (Wildman–Crippen MR) is 65.7 cm³/mol. The van der Waals surface area contributed by atoms with Crippen LogP contribution in [0.2, 0.25) is 0 Å². The topological polar surface area (TPSA) is 69.6 Å². The van der Waals surface area contributed by atoms with Crippen molar-refractivity contribution in [1.82, 2.24) is 20.0 Å². The van der Waals surface area contributed by atoms with Crippen molar-refractivity contribution in [2.75, 3.05) is 5.73 Å². The molecule has 0 saturated heterocycles. The number of nitrogens with two attached hydrogens (primary N) is 1. The maximum absolute atomic E-state index is 6.00. The molecule has 0 fully saturated rings. The number of nitrogen functional groups attached to an aromatic ring is 1. The van der Waals surface area contributed by atoms with Gasteiger partial charge in [-0.2, -0.15) is 5.10 Å². The van der Waals surface area contributed by atoms with Gasteiger partial charge in [-0.1, -0.05) is 18.3 Å². The second-order valence-corrected chi connectivity index (χ2v) is 5.40. The molecule has 16 heavy (non-hydrogen) atoms. The molecule has 0 radical (unpaired) electrons. The van der Waals surface area contributed by atoms with Gasteiger partial charge in [-0.05, 0) is 25.1 Å². The summed E-state index contributed by atoms with van der Waals surface area (Å²) < 4.78 is 2.83. The Kier molecular flexibility index (Phi) is 3.45. The van der Waals surface area contributed by atoms with Crippen molar-refractivity contribution in [2.45, 2.75) is 36.2 Å². The number of hydrogen-bond donors (Lipinski definition) is 1. The molecule has 2 heterocycles. The Morgan fingerprint density at radius 3 is 3.00 bits per heavy atom. The summed E-state index contributed by atoms with van der Waals surface area (Å²) in [5.74, 6) is 0. The number of aryl methyl sites for hydroxylation is 2. The van der Waals surface area contributed by atoms with E-state index in [1.807, 2.05) is 11.6 Å². The Morgan fingerprint density at radius 2 is 2.38 bits per heavy atom. The summed E-state index contributed by atoms with van der Waals surface area (Å²) in [5, 5.41) is 13.2. The zero-order valence-corrected chi connectivity index (χ0v) is 10.8. The fourth-order valence-corrected chi connectivity index (χ4v) is 2.92. The first kappa shape index (κ1) is 11.4. The molecule has 0 bridgehead atoms. The molecule has 0 unspecified atom stereocenters. The Labute approximate surface area is 102 Å². The minimum absolute atomic E-state index is 0.744. The molecule has 86 valence electrons. The molecule has 0 atom stereocenters. The number of hydrogen-bond acceptors (Lipinski definition) is 6. The molecule has 2 N–H and O–H groups in total. The van der Waals surface area contributed by atoms with Crippen molar-refractivity contribution in [1.29, 1.82) is 0 Å². The summed E-state index contributed by atoms with van der Waals surface area (Å²) in [7, 11) is 0. The zero-order chi connectivity index (χ0) is 11.5. The summed E-state index contributed by atoms with van der Waals surface area (Å²) in [6, 6.07) is 0. The van der Waals surface area contributed by atoms with Crippen LogP contribution in [0.25, 0.3) is 0 Å². The van der Waals surface area contributed by atoms with Gasteiger partial charge < -0.3 is 5.73 Å². The zero-order valence-electron chi connectivity index (χ0n) is 9.17. The van der Waals surface area contributed by atoms with E-state index in [1.165, 1.54) is 23.1 Å². The normalized spacial score (nSPS) is 10.9. The highest BCUT2D eigenvalue weighted by Gasteiger charge is 2.14. The van der Waals surface area contributed by atoms with E-state index in [9.17, 15) is 0 Å². The lowest BCUT2D eigenvalue weighted by atomic mass is 10.4. The van der Waals surface area contributed by atoms with Gasteiger partial charge in [-0.3, -0.25) is 4.68 Å². The van der Waals surface area contributed by atoms with Crippen molar-refractivity contribution in [2.24, 2.45) is 0 Å². The first-order valence-electron chi connectivity index (χ1n) is 4.99. The number of anilines is 1. The summed E-state index contributed by atoms with van der Waals surface area (Å²) >= 11 is 3.04. The van der Waals surface area contributed by atoms with Gasteiger partial charge in [0.2, 0.25) is 0 Å². The molecule has 2 aromatic rings. The quantitative estimate of drug-likeness (QED) is 0.906. The van der Waals surface area contributed by atoms with Crippen LogP contribution in [0.4, 0.5) is 5.69 Å². The largest absolute Gasteiger partial charge is 0.395 e. The highest BCUT2D eigenvalue weighted by Crippen LogP contribution is 2.34. The fourth-order valence-electron chi connectivity index (χ4n) is 1.34. The van der Waals surface area contributed by atoms with E-state index < -0.39 is 0 Å². The molecule has 2 aromatic heterocycles. The minimum atomic E-state index is 0.744. The van der Waals surface area contributed by atoms with E-state index in [-0.39, 0.29) is 0 Å². The Morgan fingerprint density at radius 1 is 1.56 bits per heavy atom. The molecule has 5 nitrogen and oxygen atoms in total. The Bertz CT molecular complexity index is 462. The molecule has 0 spiro atoms. The number of nitrogens with zero attached hydrogens (tertiary/aromatic N) is 4. The third-order valence-electron chi connectivity index (χ3n) is 2.08. The van der Waals surface area contributed by atoms with Crippen LogP contribution in [0.1, 0.15) is 19.0 Å². The molecule has 0 aromatic carbocycles. The number of aromatic nitrogens is 4. The third kappa shape index (κ3) is 2.19. The Balaban J connectivity index is 2.30. The summed E-state index contributed by atoms with van der Waals surface area (Å²) in [5.41, 5.74) is 9.34. The first-order chi connectivity index (χ1) is 7.72. The van der Waals surface area contributed by atoms with E-state index in [0.29, 0.717) is 0 Å². The van der Waals surface area contributed by atoms with Crippen LogP contribution in [0.5, 0.6) is 0 Å². The lowest BCUT2D eigenvalue weighted by Crippen LogP contribution is -2.01. The van der Waals surface area contributed by atoms with Crippen molar-refractivity contribution in [3.8, 4) is 0 Å². The van der Waals surface area contributed by atoms with Crippen LogP contribution in [0.15, 0.2) is 14.9 Å². The predicted octanol–water partition coefficient (Wildman–Crippen LogP) is 2.19. The highest BCUT2D eigenvalue weighted by molar-refractivity contribution is 8.01. The first-order valence-corrected chi connectivity index (χ1v) is 6.69. The van der Waals surface area contributed by atoms with Crippen LogP contribution in [-0.4, -0.2) is 20.0 Å². The molecular formula is C9H13N5S2. The SMILES string of the molecule is CCCn1nc(C)c(N)c1Sc1nncs1. The van der Waals surface area contributed by atoms with Crippen LogP contribution in [0, 0.1) is 6.92 Å². The average Bonchev–Trinajstić information content (AvgIpc) is 2.84. The molecular weight excluding hydrogens is 242 g/mol. The van der Waals surface area contributed by atoms with Gasteiger partial charge in [0.1, 0.15) is 10.5 Å². The van der Waals surface area contributed by atoms with E-state index in [2.05, 4.69) is 22.2 Å². The van der Waals surface area contributed by atoms with E-state index in [0.717, 1.165) is 33.7 Å². The van der Waals surface area contributed by atoms with Crippen LogP contribution in [0.3, 0.4) is 0 Å². The van der Waals surface area contributed by atoms with Gasteiger partial charge in [-0.15, -0.1) is 10.2 Å². The van der Waals surface area contributed by atoms with Crippen molar-refractivity contribution < 1.29 is 0 Å². The monoisotopic (exact) mass is 255 g/mol. The minimum Gasteiger partial charge on any atom is -0.395 e. The van der Waals surface area contributed by atoms with Crippen molar-refractivity contribution in [3.63, 3.8) is 0 Å². The fraction of sp³-hybridized carbons (Fsp3) is 0.444. The van der Waals surface area contributed by atoms with E-state index in [4.69, 9.17) is 5.73 Å². The molecule has 0 amide bonds. The van der Waals surface area contributed by atoms with Gasteiger partial charge in [0.15, 0.2) is 4.34 Å². The molecule has 2 rings (SSSR count). The lowest BCUT2D eigenvalue weighted by molar-refractivity contribution is 0.556. The van der Waals surface area contributed by atoms with Gasteiger partial charge in [0.05, 0.1) is 11.4 Å². The molecule has 0 saturated carbocycles. The van der Waals surface area contributed by atoms with E-state index >= 15 is 0 Å². The molecule has 7 heteroatoms. The maximum atomic E-state index is 6.00. The smallest absolute Gasteiger partial charge is 0.180 e. The van der Waals surface area contributed by atoms with Gasteiger partial charge >= 0.3 is 0 Å². The third-order valence-corrected chi connectivity index (χ3v) is 3.99. The molecule has 0 aliphatic heterocycles. The summed E-state index contributed by atoms with van der Waals surface area (Å²) in [4.78, 5) is 0. The van der Waals surface area contributed by atoms with Crippen molar-refractivity contribution in [3.05, 3.63) is 11.2 Å². The van der Waals surface area contributed by atoms with E-state index in [1.54, 1.807) is 5.51 Å². The van der Waals surface area contributed by atoms with Gasteiger partial charge in [0, 0.05) is 6.54 Å². The van der Waals surface area contributed by atoms with Gasteiger partial charge in [-0.25, -0.2) is 0 Å². The standard InChI is InChI=1S/C9H13N5S2/c1-3-4-14-8(7(10)6(2)13-14)16-9-12-11-5-15-9/h5H,3-4,10H2,1-2H3. The summed E-state index contributed by atoms with van der Waals surface area (Å²) in [6.45, 7) is 4.91. The maximum Gasteiger partial charge on any atom is 0.180 e. The molecule has 0 aliphatic carbocycles. The Hall–Kier alpha value is -1.08. The number of rotatable bonds is 4. The second kappa shape index (κ2) is 4.84. The molecule has 0 aliphatic rings. The van der Waals surface area contributed by atoms with Crippen LogP contribution >= 0.6 is 23.1 Å². The second-order valence-electron chi connectivity index (χ2n) is 3.33. The highest BCUT2D eigenvalue weighted by atomic mass is 32.2. The van der Waals surface area contributed by atoms with Crippen molar-refractivity contribution >= 4 is 28.8 Å². The summed E-state index contributed by atoms with van der Waals surface area (Å²) in [6.07, 6.45) is 1.03.